The highest BCUT2D eigenvalue weighted by atomic mass is 35.5. The first kappa shape index (κ1) is 13.9. The number of aryl methyl sites for hydroxylation is 1. The van der Waals surface area contributed by atoms with E-state index in [0.717, 1.165) is 24.9 Å². The molecule has 1 N–H and O–H groups in total. The molecular weight excluding hydrogens is 292 g/mol. The van der Waals surface area contributed by atoms with E-state index < -0.39 is 4.92 Å². The van der Waals surface area contributed by atoms with Crippen molar-refractivity contribution in [3.63, 3.8) is 0 Å². The van der Waals surface area contributed by atoms with Crippen LogP contribution >= 0.6 is 11.6 Å². The standard InChI is InChI=1S/C14H15ClN4O2/c1-18-13-4-2-3-12(10(13)8-16-18)17-9-5-6-14(19(20)21)11(15)7-9/h5-8,12,17H,2-4H2,1H3. The van der Waals surface area contributed by atoms with Crippen LogP contribution in [0.2, 0.25) is 5.02 Å². The van der Waals surface area contributed by atoms with Gasteiger partial charge in [0.1, 0.15) is 5.02 Å². The van der Waals surface area contributed by atoms with E-state index in [0.29, 0.717) is 0 Å². The van der Waals surface area contributed by atoms with E-state index in [1.807, 2.05) is 17.9 Å². The minimum absolute atomic E-state index is 0.0760. The number of halogens is 1. The van der Waals surface area contributed by atoms with Crippen molar-refractivity contribution in [2.75, 3.05) is 5.32 Å². The molecule has 1 atom stereocenters. The molecule has 0 aliphatic heterocycles. The summed E-state index contributed by atoms with van der Waals surface area (Å²) >= 11 is 5.95. The van der Waals surface area contributed by atoms with Gasteiger partial charge in [0.2, 0.25) is 0 Å². The average molecular weight is 307 g/mol. The summed E-state index contributed by atoms with van der Waals surface area (Å²) in [6.07, 6.45) is 5.02. The summed E-state index contributed by atoms with van der Waals surface area (Å²) in [5.74, 6) is 0. The Labute approximate surface area is 126 Å². The number of nitrogens with zero attached hydrogens (tertiary/aromatic N) is 3. The van der Waals surface area contributed by atoms with Crippen LogP contribution in [0.4, 0.5) is 11.4 Å². The SMILES string of the molecule is Cn1ncc2c1CCCC2Nc1ccc([N+](=O)[O-])c(Cl)c1. The maximum atomic E-state index is 10.8. The van der Waals surface area contributed by atoms with Crippen molar-refractivity contribution in [2.24, 2.45) is 7.05 Å². The molecule has 0 amide bonds. The zero-order valence-corrected chi connectivity index (χ0v) is 12.3. The van der Waals surface area contributed by atoms with Gasteiger partial charge >= 0.3 is 0 Å². The molecule has 0 fully saturated rings. The predicted molar refractivity (Wildman–Crippen MR) is 80.6 cm³/mol. The van der Waals surface area contributed by atoms with Crippen LogP contribution in [-0.4, -0.2) is 14.7 Å². The molecule has 1 aliphatic rings. The molecule has 7 heteroatoms. The second-order valence-electron chi connectivity index (χ2n) is 5.18. The molecule has 1 aromatic heterocycles. The van der Waals surface area contributed by atoms with E-state index in [-0.39, 0.29) is 16.8 Å². The fraction of sp³-hybridized carbons (Fsp3) is 0.357. The number of hydrogen-bond donors (Lipinski definition) is 1. The van der Waals surface area contributed by atoms with Gasteiger partial charge in [0.15, 0.2) is 0 Å². The summed E-state index contributed by atoms with van der Waals surface area (Å²) in [4.78, 5) is 10.3. The largest absolute Gasteiger partial charge is 0.378 e. The van der Waals surface area contributed by atoms with Crippen LogP contribution in [0.5, 0.6) is 0 Å². The Hall–Kier alpha value is -2.08. The molecule has 0 saturated heterocycles. The third-order valence-electron chi connectivity index (χ3n) is 3.86. The van der Waals surface area contributed by atoms with Crippen molar-refractivity contribution in [3.8, 4) is 0 Å². The Morgan fingerprint density at radius 1 is 1.52 bits per heavy atom. The molecule has 0 bridgehead atoms. The van der Waals surface area contributed by atoms with Gasteiger partial charge in [-0.1, -0.05) is 11.6 Å². The number of benzene rings is 1. The lowest BCUT2D eigenvalue weighted by Gasteiger charge is -2.24. The van der Waals surface area contributed by atoms with Crippen molar-refractivity contribution in [1.29, 1.82) is 0 Å². The first-order valence-corrected chi connectivity index (χ1v) is 7.15. The summed E-state index contributed by atoms with van der Waals surface area (Å²) in [6, 6.07) is 4.89. The van der Waals surface area contributed by atoms with E-state index in [2.05, 4.69) is 10.4 Å². The maximum Gasteiger partial charge on any atom is 0.288 e. The fourth-order valence-corrected chi connectivity index (χ4v) is 3.05. The van der Waals surface area contributed by atoms with Crippen LogP contribution in [-0.2, 0) is 13.5 Å². The molecule has 0 radical (unpaired) electrons. The quantitative estimate of drug-likeness (QED) is 0.696. The first-order chi connectivity index (χ1) is 10.1. The number of hydrogen-bond acceptors (Lipinski definition) is 4. The zero-order valence-electron chi connectivity index (χ0n) is 11.5. The number of aromatic nitrogens is 2. The lowest BCUT2D eigenvalue weighted by Crippen LogP contribution is -2.17. The second-order valence-corrected chi connectivity index (χ2v) is 5.59. The van der Waals surface area contributed by atoms with E-state index in [1.165, 1.54) is 17.3 Å². The van der Waals surface area contributed by atoms with Gasteiger partial charge < -0.3 is 5.32 Å². The van der Waals surface area contributed by atoms with E-state index in [9.17, 15) is 10.1 Å². The summed E-state index contributed by atoms with van der Waals surface area (Å²) in [5, 5.41) is 18.6. The van der Waals surface area contributed by atoms with Gasteiger partial charge in [-0.2, -0.15) is 5.10 Å². The minimum atomic E-state index is -0.480. The third-order valence-corrected chi connectivity index (χ3v) is 4.16. The van der Waals surface area contributed by atoms with E-state index >= 15 is 0 Å². The van der Waals surface area contributed by atoms with E-state index in [4.69, 9.17) is 11.6 Å². The number of nitrogens with one attached hydrogen (secondary N) is 1. The molecular formula is C14H15ClN4O2. The molecule has 1 aliphatic carbocycles. The Morgan fingerprint density at radius 3 is 3.05 bits per heavy atom. The molecule has 1 aromatic carbocycles. The van der Waals surface area contributed by atoms with Crippen molar-refractivity contribution in [2.45, 2.75) is 25.3 Å². The Bertz CT molecular complexity index is 698. The third kappa shape index (κ3) is 2.58. The van der Waals surface area contributed by atoms with Crippen molar-refractivity contribution < 1.29 is 4.92 Å². The van der Waals surface area contributed by atoms with Gasteiger partial charge in [0, 0.05) is 30.1 Å². The van der Waals surface area contributed by atoms with Crippen LogP contribution in [0.25, 0.3) is 0 Å². The summed E-state index contributed by atoms with van der Waals surface area (Å²) in [7, 11) is 1.95. The average Bonchev–Trinajstić information content (AvgIpc) is 2.81. The van der Waals surface area contributed by atoms with Crippen molar-refractivity contribution in [1.82, 2.24) is 9.78 Å². The van der Waals surface area contributed by atoms with Crippen LogP contribution < -0.4 is 5.32 Å². The molecule has 3 rings (SSSR count). The molecule has 2 aromatic rings. The molecule has 1 unspecified atom stereocenters. The molecule has 21 heavy (non-hydrogen) atoms. The Balaban J connectivity index is 1.85. The highest BCUT2D eigenvalue weighted by molar-refractivity contribution is 6.32. The maximum absolute atomic E-state index is 10.8. The highest BCUT2D eigenvalue weighted by Gasteiger charge is 2.23. The lowest BCUT2D eigenvalue weighted by atomic mass is 9.93. The van der Waals surface area contributed by atoms with Gasteiger partial charge in [0.25, 0.3) is 5.69 Å². The summed E-state index contributed by atoms with van der Waals surface area (Å²) in [5.41, 5.74) is 3.14. The molecule has 6 nitrogen and oxygen atoms in total. The highest BCUT2D eigenvalue weighted by Crippen LogP contribution is 2.34. The van der Waals surface area contributed by atoms with Crippen LogP contribution in [0.15, 0.2) is 24.4 Å². The first-order valence-electron chi connectivity index (χ1n) is 6.77. The number of nitro groups is 1. The normalized spacial score (nSPS) is 17.3. The number of fused-ring (bicyclic) bond motifs is 1. The smallest absolute Gasteiger partial charge is 0.288 e. The second kappa shape index (κ2) is 5.37. The monoisotopic (exact) mass is 306 g/mol. The summed E-state index contributed by atoms with van der Waals surface area (Å²) in [6.45, 7) is 0. The molecule has 0 spiro atoms. The van der Waals surface area contributed by atoms with Crippen molar-refractivity contribution in [3.05, 3.63) is 50.8 Å². The number of nitro benzene ring substituents is 1. The topological polar surface area (TPSA) is 73.0 Å². The van der Waals surface area contributed by atoms with Gasteiger partial charge in [-0.05, 0) is 31.4 Å². The lowest BCUT2D eigenvalue weighted by molar-refractivity contribution is -0.384. The van der Waals surface area contributed by atoms with Gasteiger partial charge in [-0.15, -0.1) is 0 Å². The minimum Gasteiger partial charge on any atom is -0.378 e. The number of anilines is 1. The molecule has 0 saturated carbocycles. The fourth-order valence-electron chi connectivity index (χ4n) is 2.80. The zero-order chi connectivity index (χ0) is 15.0. The summed E-state index contributed by atoms with van der Waals surface area (Å²) < 4.78 is 1.91. The van der Waals surface area contributed by atoms with Gasteiger partial charge in [0.05, 0.1) is 17.2 Å². The van der Waals surface area contributed by atoms with Crippen LogP contribution in [0, 0.1) is 10.1 Å². The van der Waals surface area contributed by atoms with Crippen molar-refractivity contribution >= 4 is 23.0 Å². The van der Waals surface area contributed by atoms with Crippen LogP contribution in [0.1, 0.15) is 30.1 Å². The van der Waals surface area contributed by atoms with Crippen LogP contribution in [0.3, 0.4) is 0 Å². The number of rotatable bonds is 3. The van der Waals surface area contributed by atoms with E-state index in [1.54, 1.807) is 12.1 Å². The molecule has 110 valence electrons. The van der Waals surface area contributed by atoms with Gasteiger partial charge in [-0.3, -0.25) is 14.8 Å². The molecule has 1 heterocycles. The van der Waals surface area contributed by atoms with Gasteiger partial charge in [-0.25, -0.2) is 0 Å². The Kier molecular flexibility index (Phi) is 3.55. The Morgan fingerprint density at radius 2 is 2.33 bits per heavy atom. The predicted octanol–water partition coefficient (Wildman–Crippen LogP) is 3.47.